The Labute approximate surface area is 98.2 Å². The third-order valence-electron chi connectivity index (χ3n) is 2.94. The zero-order chi connectivity index (χ0) is 10.7. The number of pyridine rings is 1. The van der Waals surface area contributed by atoms with E-state index in [9.17, 15) is 0 Å². The second-order valence-corrected chi connectivity index (χ2v) is 4.18. The van der Waals surface area contributed by atoms with E-state index in [1.807, 2.05) is 6.92 Å². The summed E-state index contributed by atoms with van der Waals surface area (Å²) < 4.78 is 5.30. The Kier molecular flexibility index (Phi) is 4.74. The second kappa shape index (κ2) is 5.85. The van der Waals surface area contributed by atoms with Gasteiger partial charge in [-0.25, -0.2) is 4.98 Å². The predicted octanol–water partition coefficient (Wildman–Crippen LogP) is 2.19. The molecule has 0 aliphatic carbocycles. The lowest BCUT2D eigenvalue weighted by Crippen LogP contribution is -2.11. The topological polar surface area (TPSA) is 34.1 Å². The van der Waals surface area contributed by atoms with Gasteiger partial charge in [0.2, 0.25) is 5.88 Å². The molecular formula is C13H22N2O. The molecule has 1 aromatic rings. The van der Waals surface area contributed by atoms with Gasteiger partial charge in [-0.3, -0.25) is 0 Å². The molecule has 0 spiro atoms. The maximum absolute atomic E-state index is 5.30. The van der Waals surface area contributed by atoms with Gasteiger partial charge in [-0.15, -0.1) is 0 Å². The first-order chi connectivity index (χ1) is 7.29. The van der Waals surface area contributed by atoms with Crippen LogP contribution in [0.2, 0.25) is 0 Å². The van der Waals surface area contributed by atoms with E-state index in [-0.39, 0.29) is 7.43 Å². The van der Waals surface area contributed by atoms with Gasteiger partial charge in [0.25, 0.3) is 0 Å². The molecule has 16 heavy (non-hydrogen) atoms. The van der Waals surface area contributed by atoms with Gasteiger partial charge < -0.3 is 10.1 Å². The fraction of sp³-hybridized carbons (Fsp3) is 0.615. The summed E-state index contributed by atoms with van der Waals surface area (Å²) >= 11 is 0. The highest BCUT2D eigenvalue weighted by atomic mass is 16.5. The first kappa shape index (κ1) is 13.0. The van der Waals surface area contributed by atoms with E-state index >= 15 is 0 Å². The Balaban J connectivity index is 0.00000128. The van der Waals surface area contributed by atoms with Crippen LogP contribution in [0.1, 0.15) is 25.1 Å². The fourth-order valence-electron chi connectivity index (χ4n) is 2.09. The van der Waals surface area contributed by atoms with E-state index in [4.69, 9.17) is 4.74 Å². The van der Waals surface area contributed by atoms with Crippen LogP contribution in [0.4, 0.5) is 0 Å². The normalized spacial score (nSPS) is 19.2. The molecule has 1 atom stereocenters. The molecule has 1 unspecified atom stereocenters. The van der Waals surface area contributed by atoms with Crippen molar-refractivity contribution in [1.82, 2.24) is 10.3 Å². The molecule has 1 aliphatic heterocycles. The van der Waals surface area contributed by atoms with Crippen LogP contribution in [-0.4, -0.2) is 25.2 Å². The van der Waals surface area contributed by atoms with Crippen LogP contribution < -0.4 is 10.1 Å². The smallest absolute Gasteiger partial charge is 0.216 e. The standard InChI is InChI=1S/C12H18N2O.CH4/c1-9-3-4-11(12(14-9)15-2)7-10-5-6-13-8-10;/h3-4,10,13H,5-8H2,1-2H3;1H4. The summed E-state index contributed by atoms with van der Waals surface area (Å²) in [5.41, 5.74) is 2.25. The van der Waals surface area contributed by atoms with Crippen molar-refractivity contribution in [3.8, 4) is 5.88 Å². The number of hydrogen-bond donors (Lipinski definition) is 1. The van der Waals surface area contributed by atoms with E-state index in [0.29, 0.717) is 0 Å². The van der Waals surface area contributed by atoms with Crippen molar-refractivity contribution in [1.29, 1.82) is 0 Å². The lowest BCUT2D eigenvalue weighted by Gasteiger charge is -2.11. The van der Waals surface area contributed by atoms with Crippen LogP contribution in [0.25, 0.3) is 0 Å². The Morgan fingerprint density at radius 2 is 2.31 bits per heavy atom. The number of nitrogens with zero attached hydrogens (tertiary/aromatic N) is 1. The summed E-state index contributed by atoms with van der Waals surface area (Å²) in [4.78, 5) is 4.39. The van der Waals surface area contributed by atoms with E-state index in [1.54, 1.807) is 7.11 Å². The molecule has 1 saturated heterocycles. The zero-order valence-electron chi connectivity index (χ0n) is 9.42. The Morgan fingerprint density at radius 1 is 1.50 bits per heavy atom. The van der Waals surface area contributed by atoms with Crippen molar-refractivity contribution >= 4 is 0 Å². The minimum atomic E-state index is 0. The summed E-state index contributed by atoms with van der Waals surface area (Å²) in [6.07, 6.45) is 2.33. The van der Waals surface area contributed by atoms with Crippen molar-refractivity contribution in [2.45, 2.75) is 27.2 Å². The Morgan fingerprint density at radius 3 is 2.94 bits per heavy atom. The Hall–Kier alpha value is -1.09. The molecule has 2 heterocycles. The van der Waals surface area contributed by atoms with Crippen LogP contribution in [0.3, 0.4) is 0 Å². The third kappa shape index (κ3) is 2.95. The third-order valence-corrected chi connectivity index (χ3v) is 2.94. The number of aromatic nitrogens is 1. The average molecular weight is 222 g/mol. The van der Waals surface area contributed by atoms with Crippen molar-refractivity contribution in [3.05, 3.63) is 23.4 Å². The number of rotatable bonds is 3. The minimum Gasteiger partial charge on any atom is -0.481 e. The van der Waals surface area contributed by atoms with Crippen molar-refractivity contribution in [2.24, 2.45) is 5.92 Å². The molecule has 0 aromatic carbocycles. The van der Waals surface area contributed by atoms with E-state index in [0.717, 1.165) is 37.0 Å². The van der Waals surface area contributed by atoms with E-state index in [2.05, 4.69) is 22.4 Å². The summed E-state index contributed by atoms with van der Waals surface area (Å²) in [5.74, 6) is 1.53. The molecule has 1 aliphatic rings. The molecule has 1 N–H and O–H groups in total. The van der Waals surface area contributed by atoms with Gasteiger partial charge in [-0.05, 0) is 44.8 Å². The highest BCUT2D eigenvalue weighted by molar-refractivity contribution is 5.28. The number of ether oxygens (including phenoxy) is 1. The highest BCUT2D eigenvalue weighted by Gasteiger charge is 2.17. The van der Waals surface area contributed by atoms with Gasteiger partial charge in [0, 0.05) is 11.3 Å². The molecule has 1 aromatic heterocycles. The van der Waals surface area contributed by atoms with E-state index < -0.39 is 0 Å². The van der Waals surface area contributed by atoms with Gasteiger partial charge in [-0.1, -0.05) is 13.5 Å². The quantitative estimate of drug-likeness (QED) is 0.851. The molecule has 0 saturated carbocycles. The van der Waals surface area contributed by atoms with Crippen LogP contribution >= 0.6 is 0 Å². The summed E-state index contributed by atoms with van der Waals surface area (Å²) in [6, 6.07) is 4.19. The number of hydrogen-bond acceptors (Lipinski definition) is 3. The molecule has 90 valence electrons. The summed E-state index contributed by atoms with van der Waals surface area (Å²) in [5, 5.41) is 3.38. The van der Waals surface area contributed by atoms with Gasteiger partial charge in [0.1, 0.15) is 0 Å². The molecule has 3 heteroatoms. The average Bonchev–Trinajstić information content (AvgIpc) is 2.73. The second-order valence-electron chi connectivity index (χ2n) is 4.18. The monoisotopic (exact) mass is 222 g/mol. The molecule has 1 fully saturated rings. The zero-order valence-corrected chi connectivity index (χ0v) is 9.42. The maximum Gasteiger partial charge on any atom is 0.216 e. The van der Waals surface area contributed by atoms with Crippen LogP contribution in [0.15, 0.2) is 12.1 Å². The molecule has 0 radical (unpaired) electrons. The van der Waals surface area contributed by atoms with Crippen molar-refractivity contribution < 1.29 is 4.74 Å². The van der Waals surface area contributed by atoms with Crippen LogP contribution in [0, 0.1) is 12.8 Å². The van der Waals surface area contributed by atoms with E-state index in [1.165, 1.54) is 12.0 Å². The molecule has 2 rings (SSSR count). The number of nitrogens with one attached hydrogen (secondary N) is 1. The van der Waals surface area contributed by atoms with Crippen molar-refractivity contribution in [2.75, 3.05) is 20.2 Å². The maximum atomic E-state index is 5.30. The predicted molar refractivity (Wildman–Crippen MR) is 66.9 cm³/mol. The van der Waals surface area contributed by atoms with Gasteiger partial charge in [0.15, 0.2) is 0 Å². The molecule has 0 amide bonds. The summed E-state index contributed by atoms with van der Waals surface area (Å²) in [7, 11) is 1.69. The van der Waals surface area contributed by atoms with Crippen LogP contribution in [-0.2, 0) is 6.42 Å². The van der Waals surface area contributed by atoms with Crippen molar-refractivity contribution in [3.63, 3.8) is 0 Å². The lowest BCUT2D eigenvalue weighted by atomic mass is 9.99. The fourth-order valence-corrected chi connectivity index (χ4v) is 2.09. The SMILES string of the molecule is C.COc1nc(C)ccc1CC1CCNC1. The summed E-state index contributed by atoms with van der Waals surface area (Å²) in [6.45, 7) is 4.26. The largest absolute Gasteiger partial charge is 0.481 e. The number of methoxy groups -OCH3 is 1. The molecule has 0 bridgehead atoms. The first-order valence-electron chi connectivity index (χ1n) is 5.51. The van der Waals surface area contributed by atoms with Gasteiger partial charge in [0.05, 0.1) is 7.11 Å². The van der Waals surface area contributed by atoms with Gasteiger partial charge >= 0.3 is 0 Å². The first-order valence-corrected chi connectivity index (χ1v) is 5.51. The number of aryl methyl sites for hydroxylation is 1. The lowest BCUT2D eigenvalue weighted by molar-refractivity contribution is 0.387. The Bertz CT molecular complexity index is 333. The molecule has 3 nitrogen and oxygen atoms in total. The van der Waals surface area contributed by atoms with Crippen LogP contribution in [0.5, 0.6) is 5.88 Å². The van der Waals surface area contributed by atoms with Gasteiger partial charge in [-0.2, -0.15) is 0 Å². The highest BCUT2D eigenvalue weighted by Crippen LogP contribution is 2.22. The minimum absolute atomic E-state index is 0. The molecular weight excluding hydrogens is 200 g/mol.